The van der Waals surface area contributed by atoms with Crippen LogP contribution >= 0.6 is 11.8 Å². The number of nitriles is 1. The van der Waals surface area contributed by atoms with Crippen molar-refractivity contribution in [3.8, 4) is 6.07 Å². The number of anilines is 3. The summed E-state index contributed by atoms with van der Waals surface area (Å²) in [6.45, 7) is 0.00735. The molecule has 0 bridgehead atoms. The van der Waals surface area contributed by atoms with Gasteiger partial charge in [-0.3, -0.25) is 4.79 Å². The Morgan fingerprint density at radius 1 is 1.32 bits per heavy atom. The van der Waals surface area contributed by atoms with Crippen molar-refractivity contribution in [2.24, 2.45) is 0 Å². The maximum Gasteiger partial charge on any atom is 0.416 e. The lowest BCUT2D eigenvalue weighted by Crippen LogP contribution is -2.36. The van der Waals surface area contributed by atoms with Gasteiger partial charge < -0.3 is 16.4 Å². The highest BCUT2D eigenvalue weighted by molar-refractivity contribution is 7.98. The Morgan fingerprint density at radius 2 is 2.03 bits per heavy atom. The lowest BCUT2D eigenvalue weighted by Gasteiger charge is -2.21. The van der Waals surface area contributed by atoms with Crippen molar-refractivity contribution in [3.63, 3.8) is 0 Å². The summed E-state index contributed by atoms with van der Waals surface area (Å²) in [7, 11) is -3.46. The zero-order chi connectivity index (χ0) is 25.5. The molecule has 2 aromatic rings. The number of carbonyl (C=O) groups excluding carboxylic acids is 1. The molecule has 0 saturated heterocycles. The number of halogens is 3. The van der Waals surface area contributed by atoms with Gasteiger partial charge in [0.15, 0.2) is 5.82 Å². The van der Waals surface area contributed by atoms with Crippen molar-refractivity contribution in [2.75, 3.05) is 35.4 Å². The van der Waals surface area contributed by atoms with Crippen LogP contribution in [0, 0.1) is 11.3 Å². The van der Waals surface area contributed by atoms with E-state index >= 15 is 0 Å². The lowest BCUT2D eigenvalue weighted by molar-refractivity contribution is -0.137. The van der Waals surface area contributed by atoms with E-state index in [4.69, 9.17) is 5.73 Å². The minimum Gasteiger partial charge on any atom is -0.374 e. The SMILES string of the molecule is CSc1nc(N)nc(NC(=O)[C@H](CCCNS(C)(=O)=O)Nc2cccc(C(F)(F)F)c2)c1C#N. The Balaban J connectivity index is 2.30. The third-order valence-corrected chi connectivity index (χ3v) is 5.73. The molecule has 5 N–H and O–H groups in total. The van der Waals surface area contributed by atoms with Gasteiger partial charge in [-0.05, 0) is 37.3 Å². The number of hydrogen-bond acceptors (Lipinski definition) is 9. The van der Waals surface area contributed by atoms with E-state index in [1.54, 1.807) is 6.26 Å². The van der Waals surface area contributed by atoms with Crippen LogP contribution in [0.15, 0.2) is 29.3 Å². The molecule has 0 spiro atoms. The molecule has 10 nitrogen and oxygen atoms in total. The van der Waals surface area contributed by atoms with Crippen LogP contribution in [-0.4, -0.2) is 49.4 Å². The average molecular weight is 518 g/mol. The number of aromatic nitrogens is 2. The molecule has 1 atom stereocenters. The predicted molar refractivity (Wildman–Crippen MR) is 123 cm³/mol. The van der Waals surface area contributed by atoms with Gasteiger partial charge in [0.2, 0.25) is 21.9 Å². The molecular formula is C19H22F3N7O3S2. The fourth-order valence-corrected chi connectivity index (χ4v) is 3.86. The first kappa shape index (κ1) is 27.2. The van der Waals surface area contributed by atoms with E-state index in [2.05, 4.69) is 25.3 Å². The fourth-order valence-electron chi connectivity index (χ4n) is 2.82. The third-order valence-electron chi connectivity index (χ3n) is 4.32. The van der Waals surface area contributed by atoms with Crippen molar-refractivity contribution >= 4 is 45.1 Å². The summed E-state index contributed by atoms with van der Waals surface area (Å²) in [5.41, 5.74) is 4.74. The van der Waals surface area contributed by atoms with Gasteiger partial charge in [-0.2, -0.15) is 23.4 Å². The Morgan fingerprint density at radius 3 is 2.62 bits per heavy atom. The lowest BCUT2D eigenvalue weighted by atomic mass is 10.1. The van der Waals surface area contributed by atoms with Crippen LogP contribution in [0.1, 0.15) is 24.0 Å². The summed E-state index contributed by atoms with van der Waals surface area (Å²) >= 11 is 1.12. The first-order valence-corrected chi connectivity index (χ1v) is 12.8. The fraction of sp³-hybridized carbons (Fsp3) is 0.368. The molecule has 0 aliphatic carbocycles. The van der Waals surface area contributed by atoms with Gasteiger partial charge >= 0.3 is 6.18 Å². The van der Waals surface area contributed by atoms with Crippen molar-refractivity contribution in [1.29, 1.82) is 5.26 Å². The van der Waals surface area contributed by atoms with E-state index in [1.807, 2.05) is 6.07 Å². The molecule has 0 fully saturated rings. The molecule has 0 unspecified atom stereocenters. The molecule has 184 valence electrons. The molecule has 15 heteroatoms. The third kappa shape index (κ3) is 8.04. The van der Waals surface area contributed by atoms with Gasteiger partial charge in [0.1, 0.15) is 22.7 Å². The average Bonchev–Trinajstić information content (AvgIpc) is 2.74. The summed E-state index contributed by atoms with van der Waals surface area (Å²) < 4.78 is 64.0. The van der Waals surface area contributed by atoms with Crippen molar-refractivity contribution in [3.05, 3.63) is 35.4 Å². The zero-order valence-corrected chi connectivity index (χ0v) is 19.7. The monoisotopic (exact) mass is 517 g/mol. The number of benzene rings is 1. The molecule has 1 amide bonds. The smallest absolute Gasteiger partial charge is 0.374 e. The Hall–Kier alpha value is -3.09. The van der Waals surface area contributed by atoms with Crippen LogP contribution in [0.25, 0.3) is 0 Å². The van der Waals surface area contributed by atoms with Crippen LogP contribution in [0.3, 0.4) is 0 Å². The number of hydrogen-bond donors (Lipinski definition) is 4. The molecule has 1 aromatic heterocycles. The normalized spacial score (nSPS) is 12.6. The molecule has 0 aliphatic rings. The minimum absolute atomic E-state index is 0.00735. The highest BCUT2D eigenvalue weighted by atomic mass is 32.2. The van der Waals surface area contributed by atoms with E-state index in [9.17, 15) is 31.6 Å². The van der Waals surface area contributed by atoms with E-state index in [0.717, 1.165) is 30.2 Å². The Bertz CT molecular complexity index is 1180. The predicted octanol–water partition coefficient (Wildman–Crippen LogP) is 2.42. The van der Waals surface area contributed by atoms with Crippen molar-refractivity contribution < 1.29 is 26.4 Å². The maximum absolute atomic E-state index is 13.1. The minimum atomic E-state index is -4.58. The van der Waals surface area contributed by atoms with Gasteiger partial charge in [0, 0.05) is 12.2 Å². The van der Waals surface area contributed by atoms with Crippen molar-refractivity contribution in [1.82, 2.24) is 14.7 Å². The number of rotatable bonds is 10. The van der Waals surface area contributed by atoms with Crippen LogP contribution in [0.5, 0.6) is 0 Å². The number of sulfonamides is 1. The van der Waals surface area contributed by atoms with Gasteiger partial charge in [0.05, 0.1) is 11.8 Å². The summed E-state index contributed by atoms with van der Waals surface area (Å²) in [5, 5.41) is 14.9. The van der Waals surface area contributed by atoms with Gasteiger partial charge in [-0.15, -0.1) is 11.8 Å². The van der Waals surface area contributed by atoms with E-state index in [0.29, 0.717) is 0 Å². The van der Waals surface area contributed by atoms with Gasteiger partial charge in [-0.25, -0.2) is 18.1 Å². The van der Waals surface area contributed by atoms with Crippen LogP contribution in [0.4, 0.5) is 30.6 Å². The molecule has 34 heavy (non-hydrogen) atoms. The molecular weight excluding hydrogens is 495 g/mol. The molecule has 2 rings (SSSR count). The largest absolute Gasteiger partial charge is 0.416 e. The number of nitrogens with two attached hydrogens (primary N) is 1. The van der Waals surface area contributed by atoms with Crippen LogP contribution in [0.2, 0.25) is 0 Å². The molecule has 1 aromatic carbocycles. The summed E-state index contributed by atoms with van der Waals surface area (Å²) in [4.78, 5) is 20.8. The quantitative estimate of drug-likeness (QED) is 0.211. The molecule has 0 saturated carbocycles. The van der Waals surface area contributed by atoms with Crippen LogP contribution in [-0.2, 0) is 21.0 Å². The topological polar surface area (TPSA) is 163 Å². The standard InChI is InChI=1S/C19H22F3N7O3S2/c1-33-17-13(10-23)15(28-18(24)29-17)27-16(30)14(7-4-8-25-34(2,31)32)26-12-6-3-5-11(9-12)19(20,21)22/h3,5-6,9,14,25-26H,4,7-8H2,1-2H3,(H3,24,27,28,29,30)/t14-/m0/s1. The first-order chi connectivity index (χ1) is 15.8. The number of nitrogens with one attached hydrogen (secondary N) is 3. The summed E-state index contributed by atoms with van der Waals surface area (Å²) in [6.07, 6.45) is -1.72. The number of amides is 1. The van der Waals surface area contributed by atoms with E-state index in [1.165, 1.54) is 12.1 Å². The number of nitrogens with zero attached hydrogens (tertiary/aromatic N) is 3. The Labute approximate surface area is 198 Å². The number of thioether (sulfide) groups is 1. The second kappa shape index (κ2) is 11.4. The number of alkyl halides is 3. The number of nitrogen functional groups attached to an aromatic ring is 1. The molecule has 0 aliphatic heterocycles. The maximum atomic E-state index is 13.1. The summed E-state index contributed by atoms with van der Waals surface area (Å²) in [5.74, 6) is -1.04. The van der Waals surface area contributed by atoms with Crippen molar-refractivity contribution in [2.45, 2.75) is 30.1 Å². The first-order valence-electron chi connectivity index (χ1n) is 9.65. The summed E-state index contributed by atoms with van der Waals surface area (Å²) in [6, 6.07) is 5.09. The highest BCUT2D eigenvalue weighted by Crippen LogP contribution is 2.31. The molecule has 0 radical (unpaired) electrons. The highest BCUT2D eigenvalue weighted by Gasteiger charge is 2.31. The van der Waals surface area contributed by atoms with Gasteiger partial charge in [0.25, 0.3) is 0 Å². The van der Waals surface area contributed by atoms with E-state index in [-0.39, 0.29) is 47.4 Å². The molecule has 1 heterocycles. The Kier molecular flexibility index (Phi) is 9.07. The van der Waals surface area contributed by atoms with E-state index < -0.39 is 33.7 Å². The second-order valence-electron chi connectivity index (χ2n) is 7.00. The van der Waals surface area contributed by atoms with Crippen LogP contribution < -0.4 is 21.1 Å². The number of carbonyl (C=O) groups is 1. The second-order valence-corrected chi connectivity index (χ2v) is 9.63. The van der Waals surface area contributed by atoms with Gasteiger partial charge in [-0.1, -0.05) is 6.07 Å². The zero-order valence-electron chi connectivity index (χ0n) is 18.1.